The standard InChI is InChI=1S/C27H30N2O4S/c1-18-5-14-26(33-4)25(15-18)28-27(30)22-9-7-21(8-10-22)17-29(34(31,32)24-12-13-24)23-11-6-19(2)20(3)16-23/h5-11,14-16,24H,12-13,17H2,1-4H3,(H,28,30). The number of rotatable bonds is 8. The summed E-state index contributed by atoms with van der Waals surface area (Å²) in [5, 5.41) is 2.58. The van der Waals surface area contributed by atoms with E-state index in [4.69, 9.17) is 4.74 Å². The summed E-state index contributed by atoms with van der Waals surface area (Å²) in [4.78, 5) is 12.8. The largest absolute Gasteiger partial charge is 0.495 e. The molecule has 1 amide bonds. The summed E-state index contributed by atoms with van der Waals surface area (Å²) in [6.45, 7) is 6.15. The van der Waals surface area contributed by atoms with Crippen LogP contribution >= 0.6 is 0 Å². The number of aryl methyl sites for hydroxylation is 3. The van der Waals surface area contributed by atoms with E-state index in [0.717, 1.165) is 22.3 Å². The zero-order chi connectivity index (χ0) is 24.5. The Labute approximate surface area is 201 Å². The zero-order valence-electron chi connectivity index (χ0n) is 20.0. The molecule has 1 N–H and O–H groups in total. The Kier molecular flexibility index (Phi) is 6.66. The first-order chi connectivity index (χ1) is 16.2. The second kappa shape index (κ2) is 9.50. The molecule has 1 aliphatic rings. The summed E-state index contributed by atoms with van der Waals surface area (Å²) in [7, 11) is -1.89. The molecule has 1 saturated carbocycles. The molecule has 3 aromatic carbocycles. The number of amides is 1. The molecule has 0 bridgehead atoms. The first kappa shape index (κ1) is 23.8. The lowest BCUT2D eigenvalue weighted by Gasteiger charge is -2.25. The number of anilines is 2. The molecule has 0 aliphatic heterocycles. The van der Waals surface area contributed by atoms with Crippen LogP contribution in [0.3, 0.4) is 0 Å². The Hall–Kier alpha value is -3.32. The number of methoxy groups -OCH3 is 1. The summed E-state index contributed by atoms with van der Waals surface area (Å²) >= 11 is 0. The molecule has 1 fully saturated rings. The van der Waals surface area contributed by atoms with Crippen molar-refractivity contribution in [2.75, 3.05) is 16.7 Å². The second-order valence-electron chi connectivity index (χ2n) is 8.87. The molecule has 0 radical (unpaired) electrons. The van der Waals surface area contributed by atoms with E-state index in [1.165, 1.54) is 4.31 Å². The average Bonchev–Trinajstić information content (AvgIpc) is 3.66. The first-order valence-electron chi connectivity index (χ1n) is 11.3. The highest BCUT2D eigenvalue weighted by Crippen LogP contribution is 2.35. The Bertz CT molecular complexity index is 1310. The summed E-state index contributed by atoms with van der Waals surface area (Å²) < 4.78 is 33.3. The van der Waals surface area contributed by atoms with E-state index < -0.39 is 10.0 Å². The number of carbonyl (C=O) groups is 1. The zero-order valence-corrected chi connectivity index (χ0v) is 20.8. The first-order valence-corrected chi connectivity index (χ1v) is 12.8. The van der Waals surface area contributed by atoms with E-state index in [1.807, 2.05) is 57.2 Å². The van der Waals surface area contributed by atoms with Crippen LogP contribution < -0.4 is 14.4 Å². The lowest BCUT2D eigenvalue weighted by atomic mass is 10.1. The van der Waals surface area contributed by atoms with Gasteiger partial charge >= 0.3 is 0 Å². The van der Waals surface area contributed by atoms with Crippen LogP contribution in [0.15, 0.2) is 60.7 Å². The smallest absolute Gasteiger partial charge is 0.255 e. The van der Waals surface area contributed by atoms with Crippen LogP contribution in [0, 0.1) is 20.8 Å². The molecule has 0 atom stereocenters. The normalized spacial score (nSPS) is 13.4. The van der Waals surface area contributed by atoms with Gasteiger partial charge in [0.15, 0.2) is 0 Å². The van der Waals surface area contributed by atoms with Crippen molar-refractivity contribution in [2.24, 2.45) is 0 Å². The third-order valence-electron chi connectivity index (χ3n) is 6.18. The lowest BCUT2D eigenvalue weighted by Crippen LogP contribution is -2.33. The van der Waals surface area contributed by atoms with E-state index in [9.17, 15) is 13.2 Å². The van der Waals surface area contributed by atoms with Crippen LogP contribution in [0.5, 0.6) is 5.75 Å². The van der Waals surface area contributed by atoms with Crippen LogP contribution in [-0.4, -0.2) is 26.7 Å². The number of carbonyl (C=O) groups excluding carboxylic acids is 1. The summed E-state index contributed by atoms with van der Waals surface area (Å²) in [5.41, 5.74) is 5.74. The van der Waals surface area contributed by atoms with Crippen LogP contribution in [0.4, 0.5) is 11.4 Å². The maximum absolute atomic E-state index is 13.2. The fourth-order valence-electron chi connectivity index (χ4n) is 3.80. The van der Waals surface area contributed by atoms with Crippen LogP contribution in [-0.2, 0) is 16.6 Å². The van der Waals surface area contributed by atoms with Crippen molar-refractivity contribution in [3.63, 3.8) is 0 Å². The molecule has 3 aromatic rings. The Morgan fingerprint density at radius 3 is 2.29 bits per heavy atom. The summed E-state index contributed by atoms with van der Waals surface area (Å²) in [5.74, 6) is 0.331. The molecular formula is C27H30N2O4S. The highest BCUT2D eigenvalue weighted by atomic mass is 32.2. The van der Waals surface area contributed by atoms with E-state index in [0.29, 0.717) is 35.5 Å². The van der Waals surface area contributed by atoms with Gasteiger partial charge in [0.1, 0.15) is 5.75 Å². The van der Waals surface area contributed by atoms with Crippen molar-refractivity contribution in [1.82, 2.24) is 0 Å². The Morgan fingerprint density at radius 1 is 0.971 bits per heavy atom. The Balaban J connectivity index is 1.55. The second-order valence-corrected chi connectivity index (χ2v) is 11.0. The topological polar surface area (TPSA) is 75.7 Å². The third-order valence-corrected chi connectivity index (χ3v) is 8.44. The molecule has 4 rings (SSSR count). The monoisotopic (exact) mass is 478 g/mol. The van der Waals surface area contributed by atoms with Gasteiger partial charge in [-0.05, 0) is 92.3 Å². The predicted octanol–water partition coefficient (Wildman–Crippen LogP) is 5.37. The van der Waals surface area contributed by atoms with Gasteiger partial charge in [0.25, 0.3) is 5.91 Å². The van der Waals surface area contributed by atoms with Crippen molar-refractivity contribution in [3.05, 3.63) is 88.5 Å². The van der Waals surface area contributed by atoms with Gasteiger partial charge in [-0.2, -0.15) is 0 Å². The highest BCUT2D eigenvalue weighted by molar-refractivity contribution is 7.93. The molecule has 178 valence electrons. The third kappa shape index (κ3) is 5.09. The molecule has 0 unspecified atom stereocenters. The molecule has 7 heteroatoms. The van der Waals surface area contributed by atoms with E-state index in [1.54, 1.807) is 31.4 Å². The summed E-state index contributed by atoms with van der Waals surface area (Å²) in [6.07, 6.45) is 1.40. The van der Waals surface area contributed by atoms with Gasteiger partial charge in [-0.25, -0.2) is 8.42 Å². The fourth-order valence-corrected chi connectivity index (χ4v) is 5.62. The van der Waals surface area contributed by atoms with Gasteiger partial charge < -0.3 is 10.1 Å². The number of sulfonamides is 1. The molecule has 0 aromatic heterocycles. The van der Waals surface area contributed by atoms with Gasteiger partial charge in [-0.15, -0.1) is 0 Å². The minimum atomic E-state index is -3.45. The quantitative estimate of drug-likeness (QED) is 0.472. The molecule has 0 spiro atoms. The summed E-state index contributed by atoms with van der Waals surface area (Å²) in [6, 6.07) is 18.4. The minimum Gasteiger partial charge on any atom is -0.495 e. The number of hydrogen-bond donors (Lipinski definition) is 1. The number of nitrogens with zero attached hydrogens (tertiary/aromatic N) is 1. The lowest BCUT2D eigenvalue weighted by molar-refractivity contribution is 0.102. The van der Waals surface area contributed by atoms with Gasteiger partial charge in [0, 0.05) is 5.56 Å². The number of hydrogen-bond acceptors (Lipinski definition) is 4. The van der Waals surface area contributed by atoms with Gasteiger partial charge in [0.2, 0.25) is 10.0 Å². The molecule has 6 nitrogen and oxygen atoms in total. The van der Waals surface area contributed by atoms with Crippen molar-refractivity contribution >= 4 is 27.3 Å². The molecular weight excluding hydrogens is 448 g/mol. The predicted molar refractivity (Wildman–Crippen MR) is 136 cm³/mol. The van der Waals surface area contributed by atoms with E-state index in [-0.39, 0.29) is 17.7 Å². The average molecular weight is 479 g/mol. The van der Waals surface area contributed by atoms with Crippen molar-refractivity contribution in [2.45, 2.75) is 45.4 Å². The molecule has 0 heterocycles. The van der Waals surface area contributed by atoms with Crippen LogP contribution in [0.25, 0.3) is 0 Å². The molecule has 34 heavy (non-hydrogen) atoms. The number of benzene rings is 3. The van der Waals surface area contributed by atoms with Gasteiger partial charge in [0.05, 0.1) is 30.3 Å². The highest BCUT2D eigenvalue weighted by Gasteiger charge is 2.40. The van der Waals surface area contributed by atoms with Crippen LogP contribution in [0.2, 0.25) is 0 Å². The molecule has 0 saturated heterocycles. The molecule has 1 aliphatic carbocycles. The maximum atomic E-state index is 13.2. The van der Waals surface area contributed by atoms with Crippen molar-refractivity contribution in [3.8, 4) is 5.75 Å². The fraction of sp³-hybridized carbons (Fsp3) is 0.296. The van der Waals surface area contributed by atoms with E-state index >= 15 is 0 Å². The van der Waals surface area contributed by atoms with Crippen molar-refractivity contribution in [1.29, 1.82) is 0 Å². The van der Waals surface area contributed by atoms with E-state index in [2.05, 4.69) is 5.32 Å². The maximum Gasteiger partial charge on any atom is 0.255 e. The number of nitrogens with one attached hydrogen (secondary N) is 1. The SMILES string of the molecule is COc1ccc(C)cc1NC(=O)c1ccc(CN(c2ccc(C)c(C)c2)S(=O)(=O)C2CC2)cc1. The van der Waals surface area contributed by atoms with Crippen LogP contribution in [0.1, 0.15) is 45.5 Å². The van der Waals surface area contributed by atoms with Gasteiger partial charge in [-0.1, -0.05) is 24.3 Å². The number of ether oxygens (including phenoxy) is 1. The van der Waals surface area contributed by atoms with Gasteiger partial charge in [-0.3, -0.25) is 9.10 Å². The van der Waals surface area contributed by atoms with Crippen molar-refractivity contribution < 1.29 is 17.9 Å². The minimum absolute atomic E-state index is 0.217. The Morgan fingerprint density at radius 2 is 1.68 bits per heavy atom.